The van der Waals surface area contributed by atoms with Gasteiger partial charge < -0.3 is 14.5 Å². The van der Waals surface area contributed by atoms with E-state index < -0.39 is 0 Å². The predicted molar refractivity (Wildman–Crippen MR) is 153 cm³/mol. The summed E-state index contributed by atoms with van der Waals surface area (Å²) in [7, 11) is 0. The molecule has 6 rings (SSSR count). The number of likely N-dealkylation sites (tertiary alicyclic amines) is 1. The van der Waals surface area contributed by atoms with Crippen molar-refractivity contribution in [3.8, 4) is 5.75 Å². The van der Waals surface area contributed by atoms with E-state index in [1.54, 1.807) is 18.6 Å². The number of ether oxygens (including phenoxy) is 1. The molecule has 208 valence electrons. The van der Waals surface area contributed by atoms with E-state index >= 15 is 0 Å². The number of carbonyl (C=O) groups is 2. The molecule has 0 bridgehead atoms. The first-order valence-electron chi connectivity index (χ1n) is 14.7. The Labute approximate surface area is 236 Å². The summed E-state index contributed by atoms with van der Waals surface area (Å²) in [5.41, 5.74) is 4.18. The summed E-state index contributed by atoms with van der Waals surface area (Å²) in [6, 6.07) is 16.7. The van der Waals surface area contributed by atoms with Crippen molar-refractivity contribution in [2.45, 2.75) is 51.4 Å². The zero-order chi connectivity index (χ0) is 27.4. The van der Waals surface area contributed by atoms with Crippen LogP contribution < -0.4 is 4.74 Å². The van der Waals surface area contributed by atoms with Crippen LogP contribution in [0.4, 0.5) is 0 Å². The summed E-state index contributed by atoms with van der Waals surface area (Å²) in [5, 5.41) is 0. The maximum atomic E-state index is 13.6. The quantitative estimate of drug-likeness (QED) is 0.471. The Balaban J connectivity index is 1.18. The molecule has 7 heteroatoms. The fourth-order valence-corrected chi connectivity index (χ4v) is 6.84. The van der Waals surface area contributed by atoms with Gasteiger partial charge in [0.15, 0.2) is 0 Å². The molecule has 1 spiro atoms. The monoisotopic (exact) mass is 538 g/mol. The van der Waals surface area contributed by atoms with E-state index in [9.17, 15) is 9.59 Å². The van der Waals surface area contributed by atoms with E-state index in [1.807, 2.05) is 17.0 Å². The number of benzene rings is 2. The van der Waals surface area contributed by atoms with Gasteiger partial charge in [0.1, 0.15) is 18.1 Å². The smallest absolute Gasteiger partial charge is 0.274 e. The summed E-state index contributed by atoms with van der Waals surface area (Å²) in [6.45, 7) is 3.04. The molecule has 2 aromatic carbocycles. The van der Waals surface area contributed by atoms with Gasteiger partial charge in [0.25, 0.3) is 5.91 Å². The first kappa shape index (κ1) is 26.5. The fraction of sp³-hybridized carbons (Fsp3) is 0.455. The van der Waals surface area contributed by atoms with Crippen molar-refractivity contribution in [1.82, 2.24) is 19.8 Å². The van der Waals surface area contributed by atoms with E-state index in [0.29, 0.717) is 25.4 Å². The molecule has 40 heavy (non-hydrogen) atoms. The van der Waals surface area contributed by atoms with Crippen molar-refractivity contribution in [3.63, 3.8) is 0 Å². The van der Waals surface area contributed by atoms with Crippen LogP contribution in [0.5, 0.6) is 5.75 Å². The number of aryl methyl sites for hydroxylation is 1. The highest BCUT2D eigenvalue weighted by Gasteiger charge is 2.40. The summed E-state index contributed by atoms with van der Waals surface area (Å²) >= 11 is 0. The Morgan fingerprint density at radius 1 is 0.825 bits per heavy atom. The molecule has 2 aliphatic heterocycles. The Morgan fingerprint density at radius 3 is 2.27 bits per heavy atom. The van der Waals surface area contributed by atoms with E-state index in [0.717, 1.165) is 70.2 Å². The Kier molecular flexibility index (Phi) is 7.80. The molecule has 0 radical (unpaired) electrons. The SMILES string of the molecule is O=C(c1cnccn1)N1CCOc2ccccc2CCCCC2(CCN(C(=O)C3Cc4ccccc4C3)CC2)C1. The van der Waals surface area contributed by atoms with Crippen molar-refractivity contribution in [1.29, 1.82) is 0 Å². The van der Waals surface area contributed by atoms with Gasteiger partial charge in [-0.05, 0) is 73.1 Å². The van der Waals surface area contributed by atoms with Crippen LogP contribution in [0.2, 0.25) is 0 Å². The minimum Gasteiger partial charge on any atom is -0.491 e. The molecular weight excluding hydrogens is 500 g/mol. The lowest BCUT2D eigenvalue weighted by atomic mass is 9.73. The van der Waals surface area contributed by atoms with Gasteiger partial charge in [-0.25, -0.2) is 4.98 Å². The average Bonchev–Trinajstić information content (AvgIpc) is 3.44. The number of amides is 2. The molecule has 1 aliphatic carbocycles. The standard InChI is InChI=1S/C33H38N4O3/c38-31(28-21-26-9-1-2-10-27(26)22-28)36-17-13-33(14-18-36)12-6-5-8-25-7-3-4-11-30(25)40-20-19-37(24-33)32(39)29-23-34-15-16-35-29/h1-4,7,9-11,15-16,23,28H,5-6,8,12-14,17-22,24H2. The van der Waals surface area contributed by atoms with E-state index in [4.69, 9.17) is 4.74 Å². The third-order valence-electron chi connectivity index (χ3n) is 9.13. The van der Waals surface area contributed by atoms with E-state index in [1.165, 1.54) is 16.7 Å². The van der Waals surface area contributed by atoms with E-state index in [2.05, 4.69) is 51.3 Å². The third-order valence-corrected chi connectivity index (χ3v) is 9.13. The molecule has 1 saturated heterocycles. The Hall–Kier alpha value is -3.74. The molecule has 0 N–H and O–H groups in total. The molecule has 2 amide bonds. The molecule has 1 aromatic heterocycles. The second-order valence-corrected chi connectivity index (χ2v) is 11.7. The van der Waals surface area contributed by atoms with Crippen LogP contribution in [-0.4, -0.2) is 64.4 Å². The largest absolute Gasteiger partial charge is 0.491 e. The molecule has 3 aliphatic rings. The topological polar surface area (TPSA) is 75.6 Å². The number of piperidine rings is 1. The highest BCUT2D eigenvalue weighted by molar-refractivity contribution is 5.92. The van der Waals surface area contributed by atoms with Crippen LogP contribution >= 0.6 is 0 Å². The van der Waals surface area contributed by atoms with Crippen LogP contribution in [0.25, 0.3) is 0 Å². The van der Waals surface area contributed by atoms with Gasteiger partial charge in [-0.2, -0.15) is 0 Å². The average molecular weight is 539 g/mol. The number of para-hydroxylation sites is 1. The maximum absolute atomic E-state index is 13.6. The summed E-state index contributed by atoms with van der Waals surface area (Å²) < 4.78 is 6.20. The number of hydrogen-bond acceptors (Lipinski definition) is 5. The summed E-state index contributed by atoms with van der Waals surface area (Å²) in [6.07, 6.45) is 12.4. The number of rotatable bonds is 2. The number of nitrogens with zero attached hydrogens (tertiary/aromatic N) is 4. The van der Waals surface area contributed by atoms with Crippen LogP contribution in [0.15, 0.2) is 67.1 Å². The van der Waals surface area contributed by atoms with Crippen LogP contribution in [0.1, 0.15) is 59.3 Å². The van der Waals surface area contributed by atoms with Gasteiger partial charge in [0, 0.05) is 37.9 Å². The highest BCUT2D eigenvalue weighted by Crippen LogP contribution is 2.39. The van der Waals surface area contributed by atoms with Crippen LogP contribution in [0.3, 0.4) is 0 Å². The van der Waals surface area contributed by atoms with Gasteiger partial charge in [0.05, 0.1) is 12.7 Å². The van der Waals surface area contributed by atoms with Crippen molar-refractivity contribution in [2.24, 2.45) is 11.3 Å². The molecule has 0 unspecified atom stereocenters. The Morgan fingerprint density at radius 2 is 1.55 bits per heavy atom. The summed E-state index contributed by atoms with van der Waals surface area (Å²) in [5.74, 6) is 1.14. The zero-order valence-electron chi connectivity index (χ0n) is 23.1. The van der Waals surface area contributed by atoms with E-state index in [-0.39, 0.29) is 23.1 Å². The second kappa shape index (κ2) is 11.8. The molecule has 3 heterocycles. The van der Waals surface area contributed by atoms with Gasteiger partial charge >= 0.3 is 0 Å². The first-order chi connectivity index (χ1) is 19.6. The normalized spacial score (nSPS) is 19.6. The minimum atomic E-state index is -0.108. The highest BCUT2D eigenvalue weighted by atomic mass is 16.5. The van der Waals surface area contributed by atoms with Gasteiger partial charge in [-0.15, -0.1) is 0 Å². The fourth-order valence-electron chi connectivity index (χ4n) is 6.84. The van der Waals surface area contributed by atoms with Gasteiger partial charge in [-0.3, -0.25) is 14.6 Å². The molecule has 7 nitrogen and oxygen atoms in total. The van der Waals surface area contributed by atoms with Crippen molar-refractivity contribution in [3.05, 3.63) is 89.5 Å². The molecule has 1 fully saturated rings. The predicted octanol–water partition coefficient (Wildman–Crippen LogP) is 4.75. The van der Waals surface area contributed by atoms with Crippen molar-refractivity contribution >= 4 is 11.8 Å². The number of fused-ring (bicyclic) bond motifs is 2. The number of carbonyl (C=O) groups excluding carboxylic acids is 2. The molecular formula is C33H38N4O3. The second-order valence-electron chi connectivity index (χ2n) is 11.7. The maximum Gasteiger partial charge on any atom is 0.274 e. The third kappa shape index (κ3) is 5.74. The van der Waals surface area contributed by atoms with Crippen molar-refractivity contribution < 1.29 is 14.3 Å². The van der Waals surface area contributed by atoms with Crippen LogP contribution in [-0.2, 0) is 24.1 Å². The molecule has 3 aromatic rings. The lowest BCUT2D eigenvalue weighted by Gasteiger charge is -2.45. The number of hydrogen-bond donors (Lipinski definition) is 0. The zero-order valence-corrected chi connectivity index (χ0v) is 23.1. The van der Waals surface area contributed by atoms with Crippen LogP contribution in [0, 0.1) is 11.3 Å². The lowest BCUT2D eigenvalue weighted by molar-refractivity contribution is -0.138. The number of aromatic nitrogens is 2. The Bertz CT molecular complexity index is 1310. The van der Waals surface area contributed by atoms with Crippen molar-refractivity contribution in [2.75, 3.05) is 32.8 Å². The first-order valence-corrected chi connectivity index (χ1v) is 14.7. The molecule has 0 atom stereocenters. The molecule has 0 saturated carbocycles. The van der Waals surface area contributed by atoms with Gasteiger partial charge in [0.2, 0.25) is 5.91 Å². The summed E-state index contributed by atoms with van der Waals surface area (Å²) in [4.78, 5) is 39.6. The lowest BCUT2D eigenvalue weighted by Crippen LogP contribution is -2.51. The van der Waals surface area contributed by atoms with Gasteiger partial charge in [-0.1, -0.05) is 48.9 Å². The minimum absolute atomic E-state index is 0.0357.